The number of amides is 1. The van der Waals surface area contributed by atoms with Crippen LogP contribution in [0.25, 0.3) is 0 Å². The molecule has 3 rings (SSSR count). The van der Waals surface area contributed by atoms with Crippen LogP contribution in [-0.4, -0.2) is 40.7 Å². The summed E-state index contributed by atoms with van der Waals surface area (Å²) in [5, 5.41) is 2.73. The molecular formula is C22H28N2O6S. The van der Waals surface area contributed by atoms with Crippen molar-refractivity contribution in [2.75, 3.05) is 19.5 Å². The number of hydrogen-bond donors (Lipinski definition) is 2. The fraction of sp³-hybridized carbons (Fsp3) is 0.409. The Morgan fingerprint density at radius 2 is 1.68 bits per heavy atom. The van der Waals surface area contributed by atoms with Crippen LogP contribution in [0.15, 0.2) is 47.4 Å². The van der Waals surface area contributed by atoms with Crippen LogP contribution in [-0.2, 0) is 14.8 Å². The van der Waals surface area contributed by atoms with E-state index in [0.717, 1.165) is 25.7 Å². The Balaban J connectivity index is 1.66. The van der Waals surface area contributed by atoms with Crippen molar-refractivity contribution in [3.63, 3.8) is 0 Å². The summed E-state index contributed by atoms with van der Waals surface area (Å²) in [5.74, 6) is 1.19. The first kappa shape index (κ1) is 22.9. The van der Waals surface area contributed by atoms with Gasteiger partial charge in [0.15, 0.2) is 11.5 Å². The molecule has 2 N–H and O–H groups in total. The van der Waals surface area contributed by atoms with Crippen LogP contribution < -0.4 is 24.2 Å². The van der Waals surface area contributed by atoms with Gasteiger partial charge in [-0.1, -0.05) is 0 Å². The van der Waals surface area contributed by atoms with Crippen LogP contribution in [0, 0.1) is 0 Å². The van der Waals surface area contributed by atoms with E-state index in [1.807, 2.05) is 0 Å². The summed E-state index contributed by atoms with van der Waals surface area (Å²) in [6, 6.07) is 10.0. The zero-order chi connectivity index (χ0) is 22.4. The molecule has 0 bridgehead atoms. The zero-order valence-corrected chi connectivity index (χ0v) is 18.7. The van der Waals surface area contributed by atoms with Crippen LogP contribution in [0.3, 0.4) is 0 Å². The molecule has 2 aromatic carbocycles. The summed E-state index contributed by atoms with van der Waals surface area (Å²) in [7, 11) is -0.809. The Labute approximate surface area is 182 Å². The van der Waals surface area contributed by atoms with E-state index >= 15 is 0 Å². The van der Waals surface area contributed by atoms with Crippen molar-refractivity contribution in [3.05, 3.63) is 42.5 Å². The number of benzene rings is 2. The van der Waals surface area contributed by atoms with E-state index < -0.39 is 22.0 Å². The van der Waals surface area contributed by atoms with Crippen LogP contribution in [0.1, 0.15) is 32.6 Å². The summed E-state index contributed by atoms with van der Waals surface area (Å²) in [6.45, 7) is 1.48. The van der Waals surface area contributed by atoms with Crippen molar-refractivity contribution in [3.8, 4) is 17.2 Å². The van der Waals surface area contributed by atoms with Crippen molar-refractivity contribution in [2.24, 2.45) is 0 Å². The molecule has 8 nitrogen and oxygen atoms in total. The van der Waals surface area contributed by atoms with E-state index in [4.69, 9.17) is 14.2 Å². The van der Waals surface area contributed by atoms with Gasteiger partial charge in [0.1, 0.15) is 5.75 Å². The van der Waals surface area contributed by atoms with Gasteiger partial charge in [-0.2, -0.15) is 4.72 Å². The highest BCUT2D eigenvalue weighted by atomic mass is 32.2. The first-order valence-corrected chi connectivity index (χ1v) is 11.6. The largest absolute Gasteiger partial charge is 0.497 e. The lowest BCUT2D eigenvalue weighted by Gasteiger charge is -2.18. The van der Waals surface area contributed by atoms with Gasteiger partial charge in [0, 0.05) is 11.8 Å². The number of sulfonamides is 1. The highest BCUT2D eigenvalue weighted by Gasteiger charge is 2.23. The predicted molar refractivity (Wildman–Crippen MR) is 117 cm³/mol. The Hall–Kier alpha value is -2.78. The number of carbonyl (C=O) groups is 1. The molecule has 9 heteroatoms. The van der Waals surface area contributed by atoms with E-state index in [1.54, 1.807) is 37.4 Å². The second-order valence-corrected chi connectivity index (χ2v) is 9.11. The molecule has 0 heterocycles. The average Bonchev–Trinajstić information content (AvgIpc) is 3.27. The van der Waals surface area contributed by atoms with Gasteiger partial charge >= 0.3 is 0 Å². The minimum atomic E-state index is -3.87. The molecule has 1 aliphatic rings. The van der Waals surface area contributed by atoms with Crippen molar-refractivity contribution in [1.29, 1.82) is 0 Å². The van der Waals surface area contributed by atoms with Gasteiger partial charge in [-0.15, -0.1) is 0 Å². The standard InChI is InChI=1S/C22H28N2O6S/c1-15(24-31(26,27)19-11-9-17(28-2)10-12-19)22(25)23-16-8-13-20(29-3)21(14-16)30-18-6-4-5-7-18/h8-15,18,24H,4-7H2,1-3H3,(H,23,25)/t15-/m0/s1. The molecule has 1 saturated carbocycles. The van der Waals surface area contributed by atoms with Gasteiger partial charge in [-0.3, -0.25) is 4.79 Å². The lowest BCUT2D eigenvalue weighted by molar-refractivity contribution is -0.117. The fourth-order valence-electron chi connectivity index (χ4n) is 3.39. The molecule has 0 radical (unpaired) electrons. The van der Waals surface area contributed by atoms with Crippen LogP contribution >= 0.6 is 0 Å². The first-order valence-electron chi connectivity index (χ1n) is 10.1. The van der Waals surface area contributed by atoms with Crippen molar-refractivity contribution in [1.82, 2.24) is 4.72 Å². The van der Waals surface area contributed by atoms with E-state index in [-0.39, 0.29) is 11.0 Å². The third-order valence-electron chi connectivity index (χ3n) is 5.12. The monoisotopic (exact) mass is 448 g/mol. The molecule has 0 unspecified atom stereocenters. The molecule has 31 heavy (non-hydrogen) atoms. The third-order valence-corrected chi connectivity index (χ3v) is 6.68. The van der Waals surface area contributed by atoms with Crippen molar-refractivity contribution < 1.29 is 27.4 Å². The molecule has 0 saturated heterocycles. The number of methoxy groups -OCH3 is 2. The summed E-state index contributed by atoms with van der Waals surface area (Å²) in [5.41, 5.74) is 0.495. The molecule has 0 aliphatic heterocycles. The molecule has 1 amide bonds. The van der Waals surface area contributed by atoms with E-state index in [9.17, 15) is 13.2 Å². The van der Waals surface area contributed by atoms with Crippen LogP contribution in [0.2, 0.25) is 0 Å². The Bertz CT molecular complexity index is 1000. The first-order chi connectivity index (χ1) is 14.8. The van der Waals surface area contributed by atoms with E-state index in [1.165, 1.54) is 26.2 Å². The number of nitrogens with one attached hydrogen (secondary N) is 2. The molecule has 1 atom stereocenters. The van der Waals surface area contributed by atoms with Gasteiger partial charge < -0.3 is 19.5 Å². The maximum Gasteiger partial charge on any atom is 0.242 e. The maximum atomic E-state index is 12.6. The molecular weight excluding hydrogens is 420 g/mol. The number of rotatable bonds is 9. The number of anilines is 1. The smallest absolute Gasteiger partial charge is 0.242 e. The van der Waals surface area contributed by atoms with Gasteiger partial charge in [0.2, 0.25) is 15.9 Å². The van der Waals surface area contributed by atoms with Crippen LogP contribution in [0.5, 0.6) is 17.2 Å². The second-order valence-electron chi connectivity index (χ2n) is 7.40. The molecule has 1 fully saturated rings. The summed E-state index contributed by atoms with van der Waals surface area (Å²) in [4.78, 5) is 12.6. The zero-order valence-electron chi connectivity index (χ0n) is 17.9. The fourth-order valence-corrected chi connectivity index (χ4v) is 4.59. The topological polar surface area (TPSA) is 103 Å². The summed E-state index contributed by atoms with van der Waals surface area (Å²) >= 11 is 0. The summed E-state index contributed by atoms with van der Waals surface area (Å²) in [6.07, 6.45) is 4.38. The van der Waals surface area contributed by atoms with Gasteiger partial charge in [-0.05, 0) is 69.0 Å². The minimum absolute atomic E-state index is 0.0460. The lowest BCUT2D eigenvalue weighted by Crippen LogP contribution is -2.41. The average molecular weight is 449 g/mol. The highest BCUT2D eigenvalue weighted by molar-refractivity contribution is 7.89. The quantitative estimate of drug-likeness (QED) is 0.610. The molecule has 1 aliphatic carbocycles. The Kier molecular flexibility index (Phi) is 7.40. The van der Waals surface area contributed by atoms with Crippen molar-refractivity contribution in [2.45, 2.75) is 49.6 Å². The maximum absolute atomic E-state index is 12.6. The number of ether oxygens (including phenoxy) is 3. The molecule has 0 aromatic heterocycles. The Morgan fingerprint density at radius 3 is 2.29 bits per heavy atom. The number of carbonyl (C=O) groups excluding carboxylic acids is 1. The van der Waals surface area contributed by atoms with E-state index in [0.29, 0.717) is 22.9 Å². The Morgan fingerprint density at radius 1 is 1.00 bits per heavy atom. The third kappa shape index (κ3) is 5.89. The minimum Gasteiger partial charge on any atom is -0.497 e. The van der Waals surface area contributed by atoms with Crippen molar-refractivity contribution >= 4 is 21.6 Å². The molecule has 168 valence electrons. The molecule has 0 spiro atoms. The molecule has 2 aromatic rings. The normalized spacial score (nSPS) is 15.3. The van der Waals surface area contributed by atoms with Gasteiger partial charge in [0.05, 0.1) is 31.3 Å². The van der Waals surface area contributed by atoms with Crippen LogP contribution in [0.4, 0.5) is 5.69 Å². The van der Waals surface area contributed by atoms with Gasteiger partial charge in [-0.25, -0.2) is 8.42 Å². The van der Waals surface area contributed by atoms with Gasteiger partial charge in [0.25, 0.3) is 0 Å². The second kappa shape index (κ2) is 10.0. The summed E-state index contributed by atoms with van der Waals surface area (Å²) < 4.78 is 43.9. The van der Waals surface area contributed by atoms with E-state index in [2.05, 4.69) is 10.0 Å². The predicted octanol–water partition coefficient (Wildman–Crippen LogP) is 3.33. The SMILES string of the molecule is COc1ccc(S(=O)(=O)N[C@@H](C)C(=O)Nc2ccc(OC)c(OC3CCCC3)c2)cc1. The number of hydrogen-bond acceptors (Lipinski definition) is 6. The lowest BCUT2D eigenvalue weighted by atomic mass is 10.2. The highest BCUT2D eigenvalue weighted by Crippen LogP contribution is 2.34.